The lowest BCUT2D eigenvalue weighted by Crippen LogP contribution is -2.29. The number of ether oxygens (including phenoxy) is 1. The Bertz CT molecular complexity index is 1170. The molecule has 8 nitrogen and oxygen atoms in total. The highest BCUT2D eigenvalue weighted by Gasteiger charge is 2.28. The van der Waals surface area contributed by atoms with Gasteiger partial charge in [-0.2, -0.15) is 18.3 Å². The molecular weight excluding hydrogens is 413 g/mol. The van der Waals surface area contributed by atoms with Crippen molar-refractivity contribution in [2.75, 3.05) is 12.9 Å². The van der Waals surface area contributed by atoms with Gasteiger partial charge in [0.15, 0.2) is 6.61 Å². The van der Waals surface area contributed by atoms with E-state index < -0.39 is 28.7 Å². The lowest BCUT2D eigenvalue weighted by atomic mass is 10.1. The van der Waals surface area contributed by atoms with Crippen molar-refractivity contribution in [2.45, 2.75) is 13.1 Å². The molecule has 0 fully saturated rings. The van der Waals surface area contributed by atoms with Crippen LogP contribution in [0.25, 0.3) is 16.6 Å². The molecule has 3 rings (SSSR count). The average molecular weight is 428 g/mol. The molecule has 0 bridgehead atoms. The maximum atomic E-state index is 12.2. The van der Waals surface area contributed by atoms with Gasteiger partial charge < -0.3 is 4.74 Å². The topological polar surface area (TPSA) is 103 Å². The molecule has 0 aliphatic rings. The Morgan fingerprint density at radius 1 is 1.24 bits per heavy atom. The SMILES string of the molecule is Cc1nn(-c2ccc(OCC(F)(F)F)nc2)c2ccc(C(=O)NS(C)(=O)=O)cc12. The quantitative estimate of drug-likeness (QED) is 0.669. The zero-order chi connectivity index (χ0) is 21.4. The molecule has 3 aromatic rings. The number of aromatic nitrogens is 3. The highest BCUT2D eigenvalue weighted by molar-refractivity contribution is 7.89. The van der Waals surface area contributed by atoms with Gasteiger partial charge in [0, 0.05) is 17.0 Å². The lowest BCUT2D eigenvalue weighted by Gasteiger charge is -2.09. The van der Waals surface area contributed by atoms with Crippen LogP contribution in [-0.4, -0.2) is 48.1 Å². The molecule has 0 saturated heterocycles. The van der Waals surface area contributed by atoms with Crippen LogP contribution in [0, 0.1) is 6.92 Å². The third kappa shape index (κ3) is 5.02. The van der Waals surface area contributed by atoms with Gasteiger partial charge in [0.1, 0.15) is 0 Å². The van der Waals surface area contributed by atoms with Crippen LogP contribution < -0.4 is 9.46 Å². The molecule has 0 saturated carbocycles. The molecular formula is C17H15F3N4O4S. The van der Waals surface area contributed by atoms with Crippen LogP contribution in [0.4, 0.5) is 13.2 Å². The predicted octanol–water partition coefficient (Wildman–Crippen LogP) is 2.36. The molecule has 29 heavy (non-hydrogen) atoms. The largest absolute Gasteiger partial charge is 0.468 e. The lowest BCUT2D eigenvalue weighted by molar-refractivity contribution is -0.154. The number of rotatable bonds is 5. The second-order valence-corrected chi connectivity index (χ2v) is 7.94. The van der Waals surface area contributed by atoms with Crippen LogP contribution in [-0.2, 0) is 10.0 Å². The van der Waals surface area contributed by atoms with Crippen molar-refractivity contribution in [3.8, 4) is 11.6 Å². The number of nitrogens with one attached hydrogen (secondary N) is 1. The van der Waals surface area contributed by atoms with E-state index in [1.807, 2.05) is 4.72 Å². The van der Waals surface area contributed by atoms with E-state index in [1.165, 1.54) is 35.1 Å². The van der Waals surface area contributed by atoms with E-state index >= 15 is 0 Å². The molecule has 0 aliphatic carbocycles. The number of alkyl halides is 3. The Balaban J connectivity index is 1.90. The van der Waals surface area contributed by atoms with Gasteiger partial charge in [-0.05, 0) is 31.2 Å². The molecule has 0 spiro atoms. The van der Waals surface area contributed by atoms with E-state index in [0.29, 0.717) is 22.3 Å². The van der Waals surface area contributed by atoms with Gasteiger partial charge in [-0.25, -0.2) is 22.8 Å². The minimum absolute atomic E-state index is 0.139. The van der Waals surface area contributed by atoms with E-state index in [9.17, 15) is 26.4 Å². The van der Waals surface area contributed by atoms with Crippen LogP contribution in [0.15, 0.2) is 36.5 Å². The summed E-state index contributed by atoms with van der Waals surface area (Å²) in [5.74, 6) is -0.951. The first-order chi connectivity index (χ1) is 13.4. The summed E-state index contributed by atoms with van der Waals surface area (Å²) in [6.45, 7) is 0.257. The van der Waals surface area contributed by atoms with Crippen LogP contribution in [0.2, 0.25) is 0 Å². The van der Waals surface area contributed by atoms with Crippen molar-refractivity contribution < 1.29 is 31.1 Å². The fourth-order valence-electron chi connectivity index (χ4n) is 2.57. The summed E-state index contributed by atoms with van der Waals surface area (Å²) in [6.07, 6.45) is -2.28. The second-order valence-electron chi connectivity index (χ2n) is 6.19. The Kier molecular flexibility index (Phi) is 5.22. The van der Waals surface area contributed by atoms with Crippen molar-refractivity contribution in [1.29, 1.82) is 0 Å². The monoisotopic (exact) mass is 428 g/mol. The fraction of sp³-hybridized carbons (Fsp3) is 0.235. The summed E-state index contributed by atoms with van der Waals surface area (Å²) in [4.78, 5) is 15.9. The summed E-state index contributed by atoms with van der Waals surface area (Å²) < 4.78 is 67.1. The minimum atomic E-state index is -4.46. The van der Waals surface area contributed by atoms with Gasteiger partial charge >= 0.3 is 6.18 Å². The summed E-state index contributed by atoms with van der Waals surface area (Å²) in [7, 11) is -3.70. The van der Waals surface area contributed by atoms with Crippen LogP contribution in [0.5, 0.6) is 5.88 Å². The zero-order valence-electron chi connectivity index (χ0n) is 15.2. The molecule has 2 aromatic heterocycles. The van der Waals surface area contributed by atoms with E-state index in [2.05, 4.69) is 14.8 Å². The molecule has 0 aliphatic heterocycles. The van der Waals surface area contributed by atoms with Gasteiger partial charge in [0.2, 0.25) is 15.9 Å². The number of sulfonamides is 1. The first-order valence-corrected chi connectivity index (χ1v) is 9.99. The number of amides is 1. The van der Waals surface area contributed by atoms with Gasteiger partial charge in [-0.1, -0.05) is 0 Å². The molecule has 0 unspecified atom stereocenters. The average Bonchev–Trinajstić information content (AvgIpc) is 2.95. The van der Waals surface area contributed by atoms with E-state index in [0.717, 1.165) is 6.26 Å². The van der Waals surface area contributed by atoms with Crippen molar-refractivity contribution in [3.05, 3.63) is 47.8 Å². The van der Waals surface area contributed by atoms with Gasteiger partial charge in [-0.3, -0.25) is 4.79 Å². The molecule has 1 N–H and O–H groups in total. The van der Waals surface area contributed by atoms with Crippen LogP contribution in [0.3, 0.4) is 0 Å². The summed E-state index contributed by atoms with van der Waals surface area (Å²) in [5.41, 5.74) is 1.77. The molecule has 154 valence electrons. The van der Waals surface area contributed by atoms with Crippen LogP contribution in [0.1, 0.15) is 16.1 Å². The molecule has 1 aromatic carbocycles. The van der Waals surface area contributed by atoms with E-state index in [1.54, 1.807) is 13.0 Å². The standard InChI is InChI=1S/C17H15F3N4O4S/c1-10-13-7-11(16(25)23-29(2,26)27)3-5-14(13)24(22-10)12-4-6-15(21-8-12)28-9-17(18,19)20/h3-8H,9H2,1-2H3,(H,23,25). The first kappa shape index (κ1) is 20.6. The summed E-state index contributed by atoms with van der Waals surface area (Å²) in [6, 6.07) is 7.31. The van der Waals surface area contributed by atoms with E-state index in [4.69, 9.17) is 0 Å². The van der Waals surface area contributed by atoms with Crippen molar-refractivity contribution in [1.82, 2.24) is 19.5 Å². The van der Waals surface area contributed by atoms with Gasteiger partial charge in [0.05, 0.1) is 29.4 Å². The molecule has 12 heteroatoms. The van der Waals surface area contributed by atoms with E-state index in [-0.39, 0.29) is 11.4 Å². The number of aryl methyl sites for hydroxylation is 1. The summed E-state index contributed by atoms with van der Waals surface area (Å²) >= 11 is 0. The van der Waals surface area contributed by atoms with Crippen molar-refractivity contribution in [2.24, 2.45) is 0 Å². The number of benzene rings is 1. The maximum absolute atomic E-state index is 12.2. The number of hydrogen-bond donors (Lipinski definition) is 1. The van der Waals surface area contributed by atoms with Crippen molar-refractivity contribution in [3.63, 3.8) is 0 Å². The Labute approximate surface area is 163 Å². The zero-order valence-corrected chi connectivity index (χ0v) is 16.0. The number of pyridine rings is 1. The Hall–Kier alpha value is -3.15. The fourth-order valence-corrected chi connectivity index (χ4v) is 3.03. The van der Waals surface area contributed by atoms with Gasteiger partial charge in [0.25, 0.3) is 5.91 Å². The van der Waals surface area contributed by atoms with Gasteiger partial charge in [-0.15, -0.1) is 0 Å². The second kappa shape index (κ2) is 7.35. The first-order valence-electron chi connectivity index (χ1n) is 8.10. The smallest absolute Gasteiger partial charge is 0.422 e. The number of nitrogens with zero attached hydrogens (tertiary/aromatic N) is 3. The number of hydrogen-bond acceptors (Lipinski definition) is 6. The predicted molar refractivity (Wildman–Crippen MR) is 97.5 cm³/mol. The van der Waals surface area contributed by atoms with Crippen molar-refractivity contribution >= 4 is 26.8 Å². The Morgan fingerprint density at radius 2 is 1.97 bits per heavy atom. The highest BCUT2D eigenvalue weighted by Crippen LogP contribution is 2.24. The highest BCUT2D eigenvalue weighted by atomic mass is 32.2. The molecule has 2 heterocycles. The van der Waals surface area contributed by atoms with Crippen LogP contribution >= 0.6 is 0 Å². The summed E-state index contributed by atoms with van der Waals surface area (Å²) in [5, 5.41) is 4.96. The minimum Gasteiger partial charge on any atom is -0.468 e. The molecule has 0 atom stereocenters. The molecule has 1 amide bonds. The molecule has 0 radical (unpaired) electrons. The number of carbonyl (C=O) groups is 1. The third-order valence-corrected chi connectivity index (χ3v) is 4.31. The normalized spacial score (nSPS) is 12.2. The number of fused-ring (bicyclic) bond motifs is 1. The maximum Gasteiger partial charge on any atom is 0.422 e. The Morgan fingerprint density at radius 3 is 2.55 bits per heavy atom. The number of halogens is 3. The number of carbonyl (C=O) groups excluding carboxylic acids is 1. The third-order valence-electron chi connectivity index (χ3n) is 3.75.